The Kier molecular flexibility index (Phi) is 27.5. The highest BCUT2D eigenvalue weighted by Crippen LogP contribution is 2.31. The minimum Gasteiger partial charge on any atom is -0.126 e. The molecule has 40 heavy (non-hydrogen) atoms. The third-order valence-electron chi connectivity index (χ3n) is 8.66. The summed E-state index contributed by atoms with van der Waals surface area (Å²) in [6.45, 7) is 9.29. The van der Waals surface area contributed by atoms with Gasteiger partial charge in [0, 0.05) is 21.3 Å². The molecule has 0 N–H and O–H groups in total. The highest BCUT2D eigenvalue weighted by atomic mass is 32.2. The number of thioether (sulfide) groups is 2. The lowest BCUT2D eigenvalue weighted by molar-refractivity contribution is 0.440. The molecule has 0 radical (unpaired) electrons. The SMILES string of the molecule is CCCCCCCCC(CCCCCC)CSc1ccc(SCC(CCCCCC)CCCCCCCC)cc1. The van der Waals surface area contributed by atoms with Gasteiger partial charge in [0.2, 0.25) is 0 Å². The Morgan fingerprint density at radius 2 is 0.625 bits per heavy atom. The van der Waals surface area contributed by atoms with Crippen LogP contribution in [0.3, 0.4) is 0 Å². The van der Waals surface area contributed by atoms with Gasteiger partial charge in [0.05, 0.1) is 0 Å². The Morgan fingerprint density at radius 3 is 0.925 bits per heavy atom. The first-order valence-corrected chi connectivity index (χ1v) is 20.1. The topological polar surface area (TPSA) is 0 Å². The van der Waals surface area contributed by atoms with E-state index in [-0.39, 0.29) is 0 Å². The molecule has 2 atom stereocenters. The Morgan fingerprint density at radius 1 is 0.375 bits per heavy atom. The molecule has 1 aromatic rings. The molecular weight excluding hydrogens is 521 g/mol. The van der Waals surface area contributed by atoms with Crippen LogP contribution >= 0.6 is 23.5 Å². The molecule has 1 aromatic carbocycles. The molecule has 0 aliphatic carbocycles. The van der Waals surface area contributed by atoms with E-state index in [1.54, 1.807) is 0 Å². The lowest BCUT2D eigenvalue weighted by Crippen LogP contribution is -2.05. The van der Waals surface area contributed by atoms with E-state index in [4.69, 9.17) is 0 Å². The molecule has 0 aliphatic rings. The molecule has 1 rings (SSSR count). The monoisotopic (exact) mass is 590 g/mol. The summed E-state index contributed by atoms with van der Waals surface area (Å²) in [5, 5.41) is 0. The summed E-state index contributed by atoms with van der Waals surface area (Å²) in [5.41, 5.74) is 0. The standard InChI is InChI=1S/C38H70S2/c1-5-9-13-17-19-23-27-35(25-21-15-11-7-3)33-39-37-29-31-38(32-30-37)40-34-36(26-22-16-12-8-4)28-24-20-18-14-10-6-2/h29-32,35-36H,5-28,33-34H2,1-4H3. The van der Waals surface area contributed by atoms with E-state index in [9.17, 15) is 0 Å². The van der Waals surface area contributed by atoms with Crippen LogP contribution in [0.4, 0.5) is 0 Å². The zero-order valence-electron chi connectivity index (χ0n) is 27.7. The van der Waals surface area contributed by atoms with Crippen LogP contribution in [0.1, 0.15) is 182 Å². The molecule has 0 fully saturated rings. The lowest BCUT2D eigenvalue weighted by Gasteiger charge is -2.18. The Balaban J connectivity index is 2.47. The highest BCUT2D eigenvalue weighted by molar-refractivity contribution is 7.99. The molecule has 0 aliphatic heterocycles. The van der Waals surface area contributed by atoms with Crippen molar-refractivity contribution in [2.75, 3.05) is 11.5 Å². The summed E-state index contributed by atoms with van der Waals surface area (Å²) in [6, 6.07) is 9.65. The van der Waals surface area contributed by atoms with Crippen LogP contribution < -0.4 is 0 Å². The lowest BCUT2D eigenvalue weighted by atomic mass is 9.96. The maximum absolute atomic E-state index is 2.41. The van der Waals surface area contributed by atoms with Gasteiger partial charge in [-0.25, -0.2) is 0 Å². The fourth-order valence-electron chi connectivity index (χ4n) is 5.83. The van der Waals surface area contributed by atoms with Crippen molar-refractivity contribution in [3.8, 4) is 0 Å². The Labute approximate surface area is 261 Å². The second kappa shape index (κ2) is 29.0. The second-order valence-electron chi connectivity index (χ2n) is 12.6. The van der Waals surface area contributed by atoms with Gasteiger partial charge in [-0.2, -0.15) is 0 Å². The predicted molar refractivity (Wildman–Crippen MR) is 188 cm³/mol. The van der Waals surface area contributed by atoms with Crippen LogP contribution in [0.5, 0.6) is 0 Å². The van der Waals surface area contributed by atoms with Gasteiger partial charge >= 0.3 is 0 Å². The molecular formula is C38H70S2. The molecule has 0 bridgehead atoms. The van der Waals surface area contributed by atoms with Crippen molar-refractivity contribution in [2.24, 2.45) is 11.8 Å². The van der Waals surface area contributed by atoms with Crippen molar-refractivity contribution in [2.45, 2.75) is 192 Å². The van der Waals surface area contributed by atoms with E-state index < -0.39 is 0 Å². The van der Waals surface area contributed by atoms with Crippen molar-refractivity contribution in [3.05, 3.63) is 24.3 Å². The van der Waals surface area contributed by atoms with Crippen LogP contribution in [0, 0.1) is 11.8 Å². The molecule has 0 amide bonds. The van der Waals surface area contributed by atoms with Crippen molar-refractivity contribution < 1.29 is 0 Å². The van der Waals surface area contributed by atoms with Gasteiger partial charge < -0.3 is 0 Å². The van der Waals surface area contributed by atoms with Crippen molar-refractivity contribution in [1.29, 1.82) is 0 Å². The minimum absolute atomic E-state index is 0.900. The van der Waals surface area contributed by atoms with Gasteiger partial charge in [-0.15, -0.1) is 23.5 Å². The summed E-state index contributed by atoms with van der Waals surface area (Å²) in [4.78, 5) is 2.96. The van der Waals surface area contributed by atoms with Gasteiger partial charge in [0.1, 0.15) is 0 Å². The first kappa shape index (κ1) is 37.9. The second-order valence-corrected chi connectivity index (χ2v) is 14.8. The largest absolute Gasteiger partial charge is 0.126 e. The fourth-order valence-corrected chi connectivity index (χ4v) is 8.01. The van der Waals surface area contributed by atoms with E-state index in [1.807, 2.05) is 0 Å². The van der Waals surface area contributed by atoms with Gasteiger partial charge in [-0.3, -0.25) is 0 Å². The van der Waals surface area contributed by atoms with Crippen LogP contribution in [0.15, 0.2) is 34.1 Å². The van der Waals surface area contributed by atoms with Crippen LogP contribution in [-0.4, -0.2) is 11.5 Å². The first-order valence-electron chi connectivity index (χ1n) is 18.1. The zero-order valence-corrected chi connectivity index (χ0v) is 29.3. The molecule has 0 aromatic heterocycles. The number of rotatable bonds is 30. The van der Waals surface area contributed by atoms with Gasteiger partial charge in [-0.1, -0.05) is 156 Å². The maximum atomic E-state index is 2.41. The number of unbranched alkanes of at least 4 members (excludes halogenated alkanes) is 16. The molecule has 0 nitrogen and oxygen atoms in total. The molecule has 2 heteroatoms. The fraction of sp³-hybridized carbons (Fsp3) is 0.842. The normalized spacial score (nSPS) is 13.1. The molecule has 0 spiro atoms. The summed E-state index contributed by atoms with van der Waals surface area (Å²) < 4.78 is 0. The third kappa shape index (κ3) is 22.5. The predicted octanol–water partition coefficient (Wildman–Crippen LogP) is 14.5. The Hall–Kier alpha value is -0.0800. The smallest absolute Gasteiger partial charge is 0.00728 e. The average molecular weight is 591 g/mol. The van der Waals surface area contributed by atoms with Crippen molar-refractivity contribution in [3.63, 3.8) is 0 Å². The minimum atomic E-state index is 0.900. The first-order chi connectivity index (χ1) is 19.7. The van der Waals surface area contributed by atoms with Gasteiger partial charge in [0.15, 0.2) is 0 Å². The number of hydrogen-bond donors (Lipinski definition) is 0. The van der Waals surface area contributed by atoms with Crippen LogP contribution in [-0.2, 0) is 0 Å². The third-order valence-corrected chi connectivity index (χ3v) is 11.1. The molecule has 234 valence electrons. The molecule has 0 saturated carbocycles. The summed E-state index contributed by atoms with van der Waals surface area (Å²) >= 11 is 4.25. The van der Waals surface area contributed by atoms with E-state index in [0.29, 0.717) is 0 Å². The molecule has 0 heterocycles. The van der Waals surface area contributed by atoms with Gasteiger partial charge in [-0.05, 0) is 61.8 Å². The molecule has 2 unspecified atom stereocenters. The van der Waals surface area contributed by atoms with E-state index in [1.165, 1.54) is 175 Å². The number of hydrogen-bond acceptors (Lipinski definition) is 2. The number of benzene rings is 1. The maximum Gasteiger partial charge on any atom is 0.00728 e. The van der Waals surface area contributed by atoms with E-state index >= 15 is 0 Å². The van der Waals surface area contributed by atoms with Crippen LogP contribution in [0.2, 0.25) is 0 Å². The van der Waals surface area contributed by atoms with Crippen molar-refractivity contribution >= 4 is 23.5 Å². The van der Waals surface area contributed by atoms with Crippen LogP contribution in [0.25, 0.3) is 0 Å². The summed E-state index contributed by atoms with van der Waals surface area (Å²) in [7, 11) is 0. The highest BCUT2D eigenvalue weighted by Gasteiger charge is 2.12. The average Bonchev–Trinajstić information content (AvgIpc) is 2.98. The molecule has 0 saturated heterocycles. The van der Waals surface area contributed by atoms with Crippen molar-refractivity contribution in [1.82, 2.24) is 0 Å². The summed E-state index contributed by atoms with van der Waals surface area (Å²) in [6.07, 6.45) is 34.1. The Bertz CT molecular complexity index is 570. The van der Waals surface area contributed by atoms with E-state index in [2.05, 4.69) is 75.5 Å². The van der Waals surface area contributed by atoms with E-state index in [0.717, 1.165) is 11.8 Å². The quantitative estimate of drug-likeness (QED) is 0.0645. The zero-order chi connectivity index (χ0) is 28.9. The summed E-state index contributed by atoms with van der Waals surface area (Å²) in [5.74, 6) is 4.42. The van der Waals surface area contributed by atoms with Gasteiger partial charge in [0.25, 0.3) is 0 Å².